The number of aliphatic carboxylic acids is 1. The summed E-state index contributed by atoms with van der Waals surface area (Å²) >= 11 is 1.85. The molecule has 142 valence electrons. The largest absolute Gasteiger partial charge is 0.481 e. The van der Waals surface area contributed by atoms with Gasteiger partial charge in [0, 0.05) is 29.4 Å². The van der Waals surface area contributed by atoms with Gasteiger partial charge in [0.15, 0.2) is 0 Å². The maximum Gasteiger partial charge on any atom is 0.307 e. The van der Waals surface area contributed by atoms with Crippen LogP contribution in [-0.2, 0) is 11.3 Å². The van der Waals surface area contributed by atoms with Crippen molar-refractivity contribution in [3.63, 3.8) is 0 Å². The highest BCUT2D eigenvalue weighted by Crippen LogP contribution is 2.41. The number of hydrogen-bond acceptors (Lipinski definition) is 4. The number of nitrogens with zero attached hydrogens (tertiary/aromatic N) is 2. The fourth-order valence-corrected chi connectivity index (χ4v) is 5.19. The summed E-state index contributed by atoms with van der Waals surface area (Å²) in [6.07, 6.45) is 2.86. The third-order valence-corrected chi connectivity index (χ3v) is 6.70. The summed E-state index contributed by atoms with van der Waals surface area (Å²) in [4.78, 5) is 18.7. The number of carboxylic acids is 1. The SMILES string of the molecule is O=C(O)C1CCCN(CCCN2Cc3ccccc3Sc3ccccc32)C1. The van der Waals surface area contributed by atoms with Crippen molar-refractivity contribution in [3.05, 3.63) is 54.1 Å². The highest BCUT2D eigenvalue weighted by atomic mass is 32.2. The Kier molecular flexibility index (Phi) is 5.69. The molecule has 0 bridgehead atoms. The van der Waals surface area contributed by atoms with Crippen molar-refractivity contribution in [1.82, 2.24) is 4.90 Å². The molecule has 2 heterocycles. The molecule has 1 fully saturated rings. The molecule has 1 N–H and O–H groups in total. The van der Waals surface area contributed by atoms with E-state index in [1.807, 2.05) is 11.8 Å². The summed E-state index contributed by atoms with van der Waals surface area (Å²) in [5.74, 6) is -0.837. The Hall–Kier alpha value is -1.98. The van der Waals surface area contributed by atoms with Gasteiger partial charge in [0.25, 0.3) is 0 Å². The van der Waals surface area contributed by atoms with Gasteiger partial charge in [0.1, 0.15) is 0 Å². The third-order valence-electron chi connectivity index (χ3n) is 5.52. The smallest absolute Gasteiger partial charge is 0.307 e. The fraction of sp³-hybridized carbons (Fsp3) is 0.409. The summed E-state index contributed by atoms with van der Waals surface area (Å²) in [7, 11) is 0. The molecule has 0 aromatic heterocycles. The summed E-state index contributed by atoms with van der Waals surface area (Å²) in [5.41, 5.74) is 2.68. The van der Waals surface area contributed by atoms with Gasteiger partial charge in [-0.2, -0.15) is 0 Å². The van der Waals surface area contributed by atoms with E-state index in [9.17, 15) is 9.90 Å². The lowest BCUT2D eigenvalue weighted by Crippen LogP contribution is -2.40. The molecule has 1 saturated heterocycles. The highest BCUT2D eigenvalue weighted by Gasteiger charge is 2.25. The Balaban J connectivity index is 1.43. The van der Waals surface area contributed by atoms with E-state index in [0.29, 0.717) is 6.54 Å². The number of hydrogen-bond donors (Lipinski definition) is 1. The topological polar surface area (TPSA) is 43.8 Å². The predicted molar refractivity (Wildman–Crippen MR) is 109 cm³/mol. The third kappa shape index (κ3) is 4.30. The van der Waals surface area contributed by atoms with Gasteiger partial charge < -0.3 is 14.9 Å². The molecule has 4 rings (SSSR count). The second-order valence-corrected chi connectivity index (χ2v) is 8.51. The van der Waals surface area contributed by atoms with Crippen LogP contribution in [0.15, 0.2) is 58.3 Å². The standard InChI is InChI=1S/C22H26N2O2S/c25-22(26)18-8-5-12-23(15-18)13-6-14-24-16-17-7-1-3-10-20(17)27-21-11-4-2-9-19(21)24/h1-4,7,9-11,18H,5-6,8,12-16H2,(H,25,26). The van der Waals surface area contributed by atoms with Gasteiger partial charge in [-0.3, -0.25) is 4.79 Å². The van der Waals surface area contributed by atoms with Gasteiger partial charge in [0.2, 0.25) is 0 Å². The zero-order chi connectivity index (χ0) is 18.6. The Morgan fingerprint density at radius 3 is 2.70 bits per heavy atom. The van der Waals surface area contributed by atoms with Crippen molar-refractivity contribution >= 4 is 23.4 Å². The molecule has 27 heavy (non-hydrogen) atoms. The van der Waals surface area contributed by atoms with Crippen molar-refractivity contribution in [3.8, 4) is 0 Å². The molecule has 0 saturated carbocycles. The molecule has 4 nitrogen and oxygen atoms in total. The Labute approximate surface area is 165 Å². The van der Waals surface area contributed by atoms with E-state index in [0.717, 1.165) is 45.4 Å². The summed E-state index contributed by atoms with van der Waals surface area (Å²) < 4.78 is 0. The first-order valence-corrected chi connectivity index (χ1v) is 10.6. The van der Waals surface area contributed by atoms with Crippen LogP contribution in [0.2, 0.25) is 0 Å². The van der Waals surface area contributed by atoms with Crippen molar-refractivity contribution in [2.24, 2.45) is 5.92 Å². The number of piperidine rings is 1. The van der Waals surface area contributed by atoms with Crippen LogP contribution < -0.4 is 4.90 Å². The second-order valence-electron chi connectivity index (χ2n) is 7.43. The molecule has 1 unspecified atom stereocenters. The van der Waals surface area contributed by atoms with Gasteiger partial charge in [-0.25, -0.2) is 0 Å². The first kappa shape index (κ1) is 18.4. The number of rotatable bonds is 5. The van der Waals surface area contributed by atoms with E-state index < -0.39 is 5.97 Å². The highest BCUT2D eigenvalue weighted by molar-refractivity contribution is 7.99. The molecule has 0 radical (unpaired) electrons. The van der Waals surface area contributed by atoms with E-state index in [1.165, 1.54) is 21.0 Å². The minimum Gasteiger partial charge on any atom is -0.481 e. The van der Waals surface area contributed by atoms with Gasteiger partial charge in [-0.05, 0) is 56.1 Å². The predicted octanol–water partition coefficient (Wildman–Crippen LogP) is 4.34. The van der Waals surface area contributed by atoms with E-state index >= 15 is 0 Å². The molecule has 0 amide bonds. The molecule has 2 aliphatic rings. The Morgan fingerprint density at radius 1 is 1.07 bits per heavy atom. The summed E-state index contributed by atoms with van der Waals surface area (Å²) in [6, 6.07) is 17.3. The summed E-state index contributed by atoms with van der Waals surface area (Å²) in [5, 5.41) is 9.28. The molecule has 0 spiro atoms. The quantitative estimate of drug-likeness (QED) is 0.833. The van der Waals surface area contributed by atoms with Crippen LogP contribution in [0.4, 0.5) is 5.69 Å². The minimum atomic E-state index is -0.644. The number of carboxylic acid groups (broad SMARTS) is 1. The lowest BCUT2D eigenvalue weighted by molar-refractivity contribution is -0.143. The van der Waals surface area contributed by atoms with Crippen molar-refractivity contribution < 1.29 is 9.90 Å². The number of fused-ring (bicyclic) bond motifs is 2. The van der Waals surface area contributed by atoms with E-state index in [4.69, 9.17) is 0 Å². The molecule has 2 aromatic rings. The molecule has 2 aliphatic heterocycles. The molecule has 0 aliphatic carbocycles. The van der Waals surface area contributed by atoms with E-state index in [1.54, 1.807) is 0 Å². The van der Waals surface area contributed by atoms with Crippen LogP contribution in [0.5, 0.6) is 0 Å². The molecular weight excluding hydrogens is 356 g/mol. The first-order valence-electron chi connectivity index (χ1n) is 9.75. The lowest BCUT2D eigenvalue weighted by Gasteiger charge is -2.32. The van der Waals surface area contributed by atoms with Gasteiger partial charge in [-0.1, -0.05) is 42.1 Å². The molecule has 2 aromatic carbocycles. The zero-order valence-corrected chi connectivity index (χ0v) is 16.3. The van der Waals surface area contributed by atoms with Crippen LogP contribution in [-0.4, -0.2) is 42.2 Å². The maximum atomic E-state index is 11.3. The minimum absolute atomic E-state index is 0.194. The van der Waals surface area contributed by atoms with Gasteiger partial charge in [0.05, 0.1) is 11.6 Å². The number of likely N-dealkylation sites (tertiary alicyclic amines) is 1. The van der Waals surface area contributed by atoms with Crippen molar-refractivity contribution in [1.29, 1.82) is 0 Å². The zero-order valence-electron chi connectivity index (χ0n) is 15.5. The first-order chi connectivity index (χ1) is 13.2. The lowest BCUT2D eigenvalue weighted by atomic mass is 9.98. The van der Waals surface area contributed by atoms with Crippen LogP contribution in [0.3, 0.4) is 0 Å². The molecule has 5 heteroatoms. The van der Waals surface area contributed by atoms with Crippen molar-refractivity contribution in [2.75, 3.05) is 31.1 Å². The summed E-state index contributed by atoms with van der Waals surface area (Å²) in [6.45, 7) is 4.61. The van der Waals surface area contributed by atoms with Crippen LogP contribution >= 0.6 is 11.8 Å². The van der Waals surface area contributed by atoms with Gasteiger partial charge >= 0.3 is 5.97 Å². The van der Waals surface area contributed by atoms with Crippen LogP contribution in [0, 0.1) is 5.92 Å². The Bertz CT molecular complexity index is 810. The number of para-hydroxylation sites is 1. The maximum absolute atomic E-state index is 11.3. The number of anilines is 1. The van der Waals surface area contributed by atoms with Crippen LogP contribution in [0.25, 0.3) is 0 Å². The average molecular weight is 383 g/mol. The molecular formula is C22H26N2O2S. The average Bonchev–Trinajstić information content (AvgIpc) is 2.85. The molecule has 1 atom stereocenters. The number of benzene rings is 2. The normalized spacial score (nSPS) is 19.9. The van der Waals surface area contributed by atoms with Crippen LogP contribution in [0.1, 0.15) is 24.8 Å². The Morgan fingerprint density at radius 2 is 1.85 bits per heavy atom. The fourth-order valence-electron chi connectivity index (χ4n) is 4.09. The van der Waals surface area contributed by atoms with E-state index in [2.05, 4.69) is 58.3 Å². The van der Waals surface area contributed by atoms with Crippen molar-refractivity contribution in [2.45, 2.75) is 35.6 Å². The number of carbonyl (C=O) groups is 1. The second kappa shape index (κ2) is 8.36. The van der Waals surface area contributed by atoms with Gasteiger partial charge in [-0.15, -0.1) is 0 Å². The monoisotopic (exact) mass is 382 g/mol. The van der Waals surface area contributed by atoms with E-state index in [-0.39, 0.29) is 5.92 Å².